The summed E-state index contributed by atoms with van der Waals surface area (Å²) < 4.78 is 13.1. The van der Waals surface area contributed by atoms with Gasteiger partial charge in [0.15, 0.2) is 5.78 Å². The Morgan fingerprint density at radius 3 is 2.53 bits per heavy atom. The molecule has 15 heavy (non-hydrogen) atoms. The number of rotatable bonds is 3. The van der Waals surface area contributed by atoms with Gasteiger partial charge in [0, 0.05) is 11.0 Å². The summed E-state index contributed by atoms with van der Waals surface area (Å²) in [6.45, 7) is 1.20. The highest BCUT2D eigenvalue weighted by molar-refractivity contribution is 5.96. The molecule has 1 nitrogen and oxygen atoms in total. The number of hydrogen-bond acceptors (Lipinski definition) is 1. The number of benzene rings is 1. The van der Waals surface area contributed by atoms with Crippen LogP contribution in [0.3, 0.4) is 0 Å². The molecule has 0 N–H and O–H groups in total. The van der Waals surface area contributed by atoms with Gasteiger partial charge < -0.3 is 0 Å². The quantitative estimate of drug-likeness (QED) is 0.693. The first kappa shape index (κ1) is 10.3. The van der Waals surface area contributed by atoms with E-state index >= 15 is 0 Å². The molecule has 1 aliphatic rings. The lowest BCUT2D eigenvalue weighted by molar-refractivity contribution is 0.101. The highest BCUT2D eigenvalue weighted by Crippen LogP contribution is 2.45. The summed E-state index contributed by atoms with van der Waals surface area (Å²) in [5.41, 5.74) is 1.24. The zero-order valence-electron chi connectivity index (χ0n) is 8.92. The zero-order valence-corrected chi connectivity index (χ0v) is 8.92. The van der Waals surface area contributed by atoms with Crippen LogP contribution < -0.4 is 0 Å². The van der Waals surface area contributed by atoms with Gasteiger partial charge in [0.25, 0.3) is 0 Å². The molecule has 0 aliphatic heterocycles. The van der Waals surface area contributed by atoms with Crippen LogP contribution in [0, 0.1) is 0 Å². The van der Waals surface area contributed by atoms with Gasteiger partial charge in [-0.05, 0) is 25.3 Å². The predicted molar refractivity (Wildman–Crippen MR) is 58.0 cm³/mol. The summed E-state index contributed by atoms with van der Waals surface area (Å²) in [7, 11) is 0. The average molecular weight is 206 g/mol. The van der Waals surface area contributed by atoms with Crippen molar-refractivity contribution >= 4 is 5.78 Å². The molecule has 80 valence electrons. The third-order valence-electron chi connectivity index (χ3n) is 3.44. The van der Waals surface area contributed by atoms with E-state index in [0.29, 0.717) is 5.56 Å². The van der Waals surface area contributed by atoms with Crippen molar-refractivity contribution < 1.29 is 9.18 Å². The normalized spacial score (nSPS) is 18.3. The van der Waals surface area contributed by atoms with Gasteiger partial charge in [-0.25, -0.2) is 0 Å². The second kappa shape index (κ2) is 3.76. The maximum absolute atomic E-state index is 13.1. The topological polar surface area (TPSA) is 17.1 Å². The lowest BCUT2D eigenvalue weighted by atomic mass is 9.64. The number of Topliss-reactive ketones (excluding diaryl/α,β-unsaturated/α-hetero) is 1. The van der Waals surface area contributed by atoms with Gasteiger partial charge in [-0.2, -0.15) is 0 Å². The van der Waals surface area contributed by atoms with Gasteiger partial charge in [0.2, 0.25) is 0 Å². The van der Waals surface area contributed by atoms with E-state index in [0.717, 1.165) is 24.8 Å². The van der Waals surface area contributed by atoms with E-state index in [2.05, 4.69) is 0 Å². The van der Waals surface area contributed by atoms with Crippen LogP contribution in [0.1, 0.15) is 42.1 Å². The molecule has 1 aliphatic carbocycles. The Balaban J connectivity index is 2.46. The van der Waals surface area contributed by atoms with Gasteiger partial charge in [-0.15, -0.1) is 0 Å². The maximum Gasteiger partial charge on any atom is 0.160 e. The third kappa shape index (κ3) is 1.58. The summed E-state index contributed by atoms with van der Waals surface area (Å²) in [6, 6.07) is 7.42. The highest BCUT2D eigenvalue weighted by atomic mass is 19.1. The molecule has 1 saturated carbocycles. The number of carbonyl (C=O) groups excluding carboxylic acids is 1. The number of ketones is 1. The molecule has 0 unspecified atom stereocenters. The number of carbonyl (C=O) groups is 1. The summed E-state index contributed by atoms with van der Waals surface area (Å²) >= 11 is 0. The lowest BCUT2D eigenvalue weighted by Gasteiger charge is -2.41. The molecule has 0 saturated heterocycles. The molecule has 0 spiro atoms. The molecule has 1 aromatic carbocycles. The van der Waals surface area contributed by atoms with E-state index < -0.39 is 0 Å². The van der Waals surface area contributed by atoms with Crippen molar-refractivity contribution in [2.24, 2.45) is 0 Å². The van der Waals surface area contributed by atoms with Gasteiger partial charge in [0.1, 0.15) is 0 Å². The van der Waals surface area contributed by atoms with E-state index in [4.69, 9.17) is 0 Å². The molecule has 0 bridgehead atoms. The molecule has 2 rings (SSSR count). The summed E-state index contributed by atoms with van der Waals surface area (Å²) in [5, 5.41) is 0. The molecule has 0 radical (unpaired) electrons. The van der Waals surface area contributed by atoms with Gasteiger partial charge in [-0.1, -0.05) is 30.7 Å². The fourth-order valence-corrected chi connectivity index (χ4v) is 2.33. The van der Waals surface area contributed by atoms with Crippen molar-refractivity contribution in [1.82, 2.24) is 0 Å². The minimum absolute atomic E-state index is 0.0327. The van der Waals surface area contributed by atoms with Gasteiger partial charge >= 0.3 is 0 Å². The molecule has 1 aromatic rings. The molecule has 1 fully saturated rings. The first-order valence-corrected chi connectivity index (χ1v) is 5.36. The molecular formula is C13H15FO. The first-order valence-electron chi connectivity index (χ1n) is 5.36. The van der Waals surface area contributed by atoms with Crippen molar-refractivity contribution in [3.05, 3.63) is 35.4 Å². The fourth-order valence-electron chi connectivity index (χ4n) is 2.33. The van der Waals surface area contributed by atoms with E-state index in [1.54, 1.807) is 13.0 Å². The Morgan fingerprint density at radius 1 is 1.40 bits per heavy atom. The number of halogens is 1. The highest BCUT2D eigenvalue weighted by Gasteiger charge is 2.40. The van der Waals surface area contributed by atoms with E-state index in [-0.39, 0.29) is 17.9 Å². The van der Waals surface area contributed by atoms with Crippen LogP contribution in [0.25, 0.3) is 0 Å². The zero-order chi connectivity index (χ0) is 10.9. The van der Waals surface area contributed by atoms with Crippen LogP contribution in [0.2, 0.25) is 0 Å². The fraction of sp³-hybridized carbons (Fsp3) is 0.462. The predicted octanol–water partition coefficient (Wildman–Crippen LogP) is 3.28. The summed E-state index contributed by atoms with van der Waals surface area (Å²) in [6.07, 6.45) is 2.80. The van der Waals surface area contributed by atoms with Crippen molar-refractivity contribution in [2.75, 3.05) is 6.67 Å². The standard InChI is InChI=1S/C13H15FO/c1-10(15)11-5-2-3-6-12(11)13(9-14)7-4-8-13/h2-3,5-6H,4,7-9H2,1H3. The summed E-state index contributed by atoms with van der Waals surface area (Å²) in [4.78, 5) is 11.4. The van der Waals surface area contributed by atoms with E-state index in [1.165, 1.54) is 0 Å². The molecule has 0 atom stereocenters. The Bertz CT molecular complexity index is 374. The first-order chi connectivity index (χ1) is 7.19. The smallest absolute Gasteiger partial charge is 0.160 e. The molecule has 0 amide bonds. The Hall–Kier alpha value is -1.18. The van der Waals surface area contributed by atoms with E-state index in [1.807, 2.05) is 18.2 Å². The Labute approximate surface area is 89.3 Å². The second-order valence-electron chi connectivity index (χ2n) is 4.37. The van der Waals surface area contributed by atoms with Crippen molar-refractivity contribution in [1.29, 1.82) is 0 Å². The maximum atomic E-state index is 13.1. The van der Waals surface area contributed by atoms with E-state index in [9.17, 15) is 9.18 Å². The largest absolute Gasteiger partial charge is 0.295 e. The number of hydrogen-bond donors (Lipinski definition) is 0. The van der Waals surface area contributed by atoms with Gasteiger partial charge in [0.05, 0.1) is 6.67 Å². The molecule has 0 aromatic heterocycles. The van der Waals surface area contributed by atoms with Crippen molar-refractivity contribution in [3.8, 4) is 0 Å². The summed E-state index contributed by atoms with van der Waals surface area (Å²) in [5.74, 6) is 0.0327. The van der Waals surface area contributed by atoms with Gasteiger partial charge in [-0.3, -0.25) is 9.18 Å². The lowest BCUT2D eigenvalue weighted by Crippen LogP contribution is -2.37. The third-order valence-corrected chi connectivity index (χ3v) is 3.44. The van der Waals surface area contributed by atoms with Crippen LogP contribution in [-0.4, -0.2) is 12.5 Å². The van der Waals surface area contributed by atoms with Crippen LogP contribution >= 0.6 is 0 Å². The van der Waals surface area contributed by atoms with Crippen molar-refractivity contribution in [3.63, 3.8) is 0 Å². The second-order valence-corrected chi connectivity index (χ2v) is 4.37. The minimum Gasteiger partial charge on any atom is -0.295 e. The molecular weight excluding hydrogens is 191 g/mol. The minimum atomic E-state index is -0.359. The SMILES string of the molecule is CC(=O)c1ccccc1C1(CF)CCC1. The van der Waals surface area contributed by atoms with Crippen LogP contribution in [0.5, 0.6) is 0 Å². The van der Waals surface area contributed by atoms with Crippen LogP contribution in [0.15, 0.2) is 24.3 Å². The Kier molecular flexibility index (Phi) is 2.59. The molecule has 0 heterocycles. The average Bonchev–Trinajstić information content (AvgIpc) is 2.17. The number of alkyl halides is 1. The van der Waals surface area contributed by atoms with Crippen LogP contribution in [-0.2, 0) is 5.41 Å². The monoisotopic (exact) mass is 206 g/mol. The van der Waals surface area contributed by atoms with Crippen LogP contribution in [0.4, 0.5) is 4.39 Å². The van der Waals surface area contributed by atoms with Crippen molar-refractivity contribution in [2.45, 2.75) is 31.6 Å². The Morgan fingerprint density at radius 2 is 2.07 bits per heavy atom. The molecule has 2 heteroatoms.